The molecule has 3 heteroatoms. The van der Waals surface area contributed by atoms with Gasteiger partial charge in [0.25, 0.3) is 0 Å². The van der Waals surface area contributed by atoms with Crippen molar-refractivity contribution in [1.29, 1.82) is 5.26 Å². The van der Waals surface area contributed by atoms with E-state index >= 15 is 0 Å². The van der Waals surface area contributed by atoms with E-state index in [9.17, 15) is 0 Å². The second-order valence-electron chi connectivity index (χ2n) is 3.96. The molecule has 0 bridgehead atoms. The Balaban J connectivity index is 1.88. The van der Waals surface area contributed by atoms with Crippen LogP contribution in [0.25, 0.3) is 0 Å². The van der Waals surface area contributed by atoms with Crippen molar-refractivity contribution in [3.05, 3.63) is 0 Å². The molecule has 2 aliphatic heterocycles. The van der Waals surface area contributed by atoms with E-state index in [1.165, 1.54) is 25.8 Å². The van der Waals surface area contributed by atoms with Crippen molar-refractivity contribution in [2.75, 3.05) is 19.7 Å². The molecular formula is C10H16N2O. The van der Waals surface area contributed by atoms with Crippen LogP contribution in [0.2, 0.25) is 0 Å². The van der Waals surface area contributed by atoms with Crippen molar-refractivity contribution in [3.63, 3.8) is 0 Å². The van der Waals surface area contributed by atoms with Crippen LogP contribution >= 0.6 is 0 Å². The third-order valence-corrected chi connectivity index (χ3v) is 3.03. The van der Waals surface area contributed by atoms with Gasteiger partial charge in [-0.2, -0.15) is 5.26 Å². The molecule has 0 N–H and O–H groups in total. The van der Waals surface area contributed by atoms with Gasteiger partial charge in [-0.1, -0.05) is 6.42 Å². The first-order valence-corrected chi connectivity index (χ1v) is 5.13. The van der Waals surface area contributed by atoms with Gasteiger partial charge in [0.05, 0.1) is 25.2 Å². The number of morpholine rings is 1. The number of rotatable bonds is 1. The SMILES string of the molecule is N#CCC1CN2CCCCC2CO1. The average Bonchev–Trinajstić information content (AvgIpc) is 2.18. The summed E-state index contributed by atoms with van der Waals surface area (Å²) in [5.74, 6) is 0. The van der Waals surface area contributed by atoms with E-state index in [1.807, 2.05) is 0 Å². The van der Waals surface area contributed by atoms with E-state index in [0.29, 0.717) is 12.5 Å². The smallest absolute Gasteiger partial charge is 0.0832 e. The standard InChI is InChI=1S/C10H16N2O/c11-5-4-10-7-12-6-2-1-3-9(12)8-13-10/h9-10H,1-4,6-8H2. The Kier molecular flexibility index (Phi) is 2.82. The lowest BCUT2D eigenvalue weighted by Crippen LogP contribution is -2.51. The molecule has 3 nitrogen and oxygen atoms in total. The van der Waals surface area contributed by atoms with Gasteiger partial charge >= 0.3 is 0 Å². The van der Waals surface area contributed by atoms with E-state index in [1.54, 1.807) is 0 Å². The number of fused-ring (bicyclic) bond motifs is 1. The van der Waals surface area contributed by atoms with Crippen molar-refractivity contribution in [1.82, 2.24) is 4.90 Å². The Bertz CT molecular complexity index is 211. The lowest BCUT2D eigenvalue weighted by molar-refractivity contribution is -0.0723. The molecule has 0 aliphatic carbocycles. The predicted molar refractivity (Wildman–Crippen MR) is 49.2 cm³/mol. The Labute approximate surface area is 79.3 Å². The van der Waals surface area contributed by atoms with Gasteiger partial charge in [-0.3, -0.25) is 4.90 Å². The summed E-state index contributed by atoms with van der Waals surface area (Å²) in [4.78, 5) is 2.50. The van der Waals surface area contributed by atoms with Crippen LogP contribution in [0.15, 0.2) is 0 Å². The van der Waals surface area contributed by atoms with E-state index in [4.69, 9.17) is 10.00 Å². The summed E-state index contributed by atoms with van der Waals surface area (Å²) in [6.07, 6.45) is 4.64. The molecule has 0 radical (unpaired) electrons. The summed E-state index contributed by atoms with van der Waals surface area (Å²) in [5, 5.41) is 8.57. The fourth-order valence-corrected chi connectivity index (χ4v) is 2.28. The Morgan fingerprint density at radius 2 is 2.38 bits per heavy atom. The number of hydrogen-bond donors (Lipinski definition) is 0. The Morgan fingerprint density at radius 1 is 1.46 bits per heavy atom. The number of hydrogen-bond acceptors (Lipinski definition) is 3. The highest BCUT2D eigenvalue weighted by Gasteiger charge is 2.30. The van der Waals surface area contributed by atoms with Gasteiger partial charge in [-0.15, -0.1) is 0 Å². The summed E-state index contributed by atoms with van der Waals surface area (Å²) >= 11 is 0. The van der Waals surface area contributed by atoms with Crippen LogP contribution in [0.3, 0.4) is 0 Å². The lowest BCUT2D eigenvalue weighted by Gasteiger charge is -2.41. The van der Waals surface area contributed by atoms with Gasteiger partial charge in [-0.05, 0) is 19.4 Å². The topological polar surface area (TPSA) is 36.3 Å². The van der Waals surface area contributed by atoms with Crippen LogP contribution in [-0.2, 0) is 4.74 Å². The van der Waals surface area contributed by atoms with E-state index in [-0.39, 0.29) is 6.10 Å². The molecule has 2 aliphatic rings. The van der Waals surface area contributed by atoms with Crippen molar-refractivity contribution in [2.45, 2.75) is 37.8 Å². The van der Waals surface area contributed by atoms with Crippen molar-refractivity contribution in [2.24, 2.45) is 0 Å². The molecule has 0 aromatic rings. The minimum absolute atomic E-state index is 0.166. The number of nitrogens with zero attached hydrogens (tertiary/aromatic N) is 2. The highest BCUT2D eigenvalue weighted by Crippen LogP contribution is 2.22. The highest BCUT2D eigenvalue weighted by atomic mass is 16.5. The molecule has 0 spiro atoms. The zero-order chi connectivity index (χ0) is 9.10. The van der Waals surface area contributed by atoms with Gasteiger partial charge in [-0.25, -0.2) is 0 Å². The summed E-state index contributed by atoms with van der Waals surface area (Å²) in [6, 6.07) is 2.82. The highest BCUT2D eigenvalue weighted by molar-refractivity contribution is 4.87. The molecule has 13 heavy (non-hydrogen) atoms. The first-order valence-electron chi connectivity index (χ1n) is 5.13. The minimum Gasteiger partial charge on any atom is -0.374 e. The molecule has 0 aromatic carbocycles. The van der Waals surface area contributed by atoms with Gasteiger partial charge in [0, 0.05) is 12.6 Å². The monoisotopic (exact) mass is 180 g/mol. The Morgan fingerprint density at radius 3 is 3.23 bits per heavy atom. The quantitative estimate of drug-likeness (QED) is 0.607. The van der Waals surface area contributed by atoms with Crippen LogP contribution in [0.5, 0.6) is 0 Å². The molecule has 2 fully saturated rings. The molecule has 72 valence electrons. The second-order valence-corrected chi connectivity index (χ2v) is 3.96. The van der Waals surface area contributed by atoms with Crippen LogP contribution in [0.4, 0.5) is 0 Å². The molecule has 2 atom stereocenters. The second kappa shape index (κ2) is 4.08. The van der Waals surface area contributed by atoms with Gasteiger partial charge < -0.3 is 4.74 Å². The fraction of sp³-hybridized carbons (Fsp3) is 0.900. The maximum absolute atomic E-state index is 8.57. The van der Waals surface area contributed by atoms with Crippen molar-refractivity contribution in [3.8, 4) is 6.07 Å². The normalized spacial score (nSPS) is 35.0. The zero-order valence-electron chi connectivity index (χ0n) is 7.91. The van der Waals surface area contributed by atoms with Crippen molar-refractivity contribution < 1.29 is 4.74 Å². The molecule has 2 heterocycles. The third kappa shape index (κ3) is 2.01. The maximum Gasteiger partial charge on any atom is 0.0832 e. The van der Waals surface area contributed by atoms with Gasteiger partial charge in [0.2, 0.25) is 0 Å². The predicted octanol–water partition coefficient (Wildman–Crippen LogP) is 1.15. The van der Waals surface area contributed by atoms with E-state index < -0.39 is 0 Å². The average molecular weight is 180 g/mol. The molecule has 0 aromatic heterocycles. The van der Waals surface area contributed by atoms with Crippen LogP contribution in [-0.4, -0.2) is 36.7 Å². The molecule has 2 saturated heterocycles. The molecule has 2 unspecified atom stereocenters. The Hall–Kier alpha value is -0.590. The van der Waals surface area contributed by atoms with Crippen LogP contribution in [0, 0.1) is 11.3 Å². The summed E-state index contributed by atoms with van der Waals surface area (Å²) in [7, 11) is 0. The molecule has 0 amide bonds. The number of piperidine rings is 1. The fourth-order valence-electron chi connectivity index (χ4n) is 2.28. The third-order valence-electron chi connectivity index (χ3n) is 3.03. The van der Waals surface area contributed by atoms with Crippen LogP contribution < -0.4 is 0 Å². The van der Waals surface area contributed by atoms with E-state index in [0.717, 1.165) is 13.2 Å². The minimum atomic E-state index is 0.166. The zero-order valence-corrected chi connectivity index (χ0v) is 7.91. The largest absolute Gasteiger partial charge is 0.374 e. The summed E-state index contributed by atoms with van der Waals surface area (Å²) in [6.45, 7) is 3.01. The van der Waals surface area contributed by atoms with E-state index in [2.05, 4.69) is 11.0 Å². The van der Waals surface area contributed by atoms with Gasteiger partial charge in [0.15, 0.2) is 0 Å². The first kappa shape index (κ1) is 8.98. The van der Waals surface area contributed by atoms with Crippen LogP contribution in [0.1, 0.15) is 25.7 Å². The molecular weight excluding hydrogens is 164 g/mol. The maximum atomic E-state index is 8.57. The molecule has 2 rings (SSSR count). The lowest BCUT2D eigenvalue weighted by atomic mass is 10.00. The molecule has 0 saturated carbocycles. The summed E-state index contributed by atoms with van der Waals surface area (Å²) in [5.41, 5.74) is 0. The first-order chi connectivity index (χ1) is 6.40. The summed E-state index contributed by atoms with van der Waals surface area (Å²) < 4.78 is 5.62. The number of nitriles is 1. The van der Waals surface area contributed by atoms with Crippen molar-refractivity contribution >= 4 is 0 Å². The number of ether oxygens (including phenoxy) is 1. The van der Waals surface area contributed by atoms with Gasteiger partial charge in [0.1, 0.15) is 0 Å².